The summed E-state index contributed by atoms with van der Waals surface area (Å²) in [4.78, 5) is 14.9. The molecule has 2 heterocycles. The van der Waals surface area contributed by atoms with Gasteiger partial charge in [-0.15, -0.1) is 0 Å². The third-order valence-corrected chi connectivity index (χ3v) is 6.98. The van der Waals surface area contributed by atoms with Gasteiger partial charge in [-0.05, 0) is 24.6 Å². The number of morpholine rings is 1. The van der Waals surface area contributed by atoms with E-state index in [1.165, 1.54) is 23.5 Å². The zero-order valence-electron chi connectivity index (χ0n) is 14.8. The molecule has 0 aliphatic carbocycles. The number of rotatable bonds is 6. The lowest BCUT2D eigenvalue weighted by molar-refractivity contribution is -0.104. The van der Waals surface area contributed by atoms with E-state index in [9.17, 15) is 13.2 Å². The Bertz CT molecular complexity index is 746. The maximum atomic E-state index is 13.0. The van der Waals surface area contributed by atoms with E-state index in [1.807, 2.05) is 0 Å². The molecule has 2 aliphatic rings. The van der Waals surface area contributed by atoms with E-state index in [2.05, 4.69) is 0 Å². The molecule has 0 saturated carbocycles. The smallest absolute Gasteiger partial charge is 0.258 e. The Labute approximate surface area is 148 Å². The van der Waals surface area contributed by atoms with Crippen LogP contribution in [0.25, 0.3) is 0 Å². The summed E-state index contributed by atoms with van der Waals surface area (Å²) in [7, 11) is -2.16. The van der Waals surface area contributed by atoms with Gasteiger partial charge in [-0.25, -0.2) is 8.42 Å². The van der Waals surface area contributed by atoms with Crippen molar-refractivity contribution in [2.45, 2.75) is 37.2 Å². The van der Waals surface area contributed by atoms with Gasteiger partial charge >= 0.3 is 0 Å². The molecule has 2 fully saturated rings. The quantitative estimate of drug-likeness (QED) is 0.757. The first-order valence-corrected chi connectivity index (χ1v) is 9.96. The van der Waals surface area contributed by atoms with Crippen LogP contribution in [0.15, 0.2) is 23.1 Å². The Kier molecular flexibility index (Phi) is 5.04. The van der Waals surface area contributed by atoms with Crippen molar-refractivity contribution in [2.75, 3.05) is 33.4 Å². The Morgan fingerprint density at radius 2 is 1.92 bits per heavy atom. The summed E-state index contributed by atoms with van der Waals surface area (Å²) in [6, 6.07) is 4.61. The molecule has 2 bridgehead atoms. The third-order valence-electron chi connectivity index (χ3n) is 4.93. The fourth-order valence-corrected chi connectivity index (χ4v) is 5.02. The van der Waals surface area contributed by atoms with E-state index in [1.54, 1.807) is 24.8 Å². The first-order valence-electron chi connectivity index (χ1n) is 8.52. The van der Waals surface area contributed by atoms with Gasteiger partial charge in [-0.3, -0.25) is 4.79 Å². The van der Waals surface area contributed by atoms with Crippen LogP contribution in [-0.4, -0.2) is 69.0 Å². The van der Waals surface area contributed by atoms with Crippen LogP contribution in [-0.2, 0) is 14.8 Å². The molecular formula is C17H24N2O5S. The Hall–Kier alpha value is -1.64. The summed E-state index contributed by atoms with van der Waals surface area (Å²) in [5, 5.41) is 0. The molecule has 138 valence electrons. The van der Waals surface area contributed by atoms with Crippen molar-refractivity contribution in [2.24, 2.45) is 0 Å². The molecule has 0 aromatic heterocycles. The van der Waals surface area contributed by atoms with E-state index < -0.39 is 10.0 Å². The van der Waals surface area contributed by atoms with Crippen molar-refractivity contribution in [3.8, 4) is 5.75 Å². The molecule has 0 unspecified atom stereocenters. The van der Waals surface area contributed by atoms with Gasteiger partial charge in [-0.2, -0.15) is 4.31 Å². The zero-order valence-corrected chi connectivity index (χ0v) is 15.6. The molecule has 8 heteroatoms. The fourth-order valence-electron chi connectivity index (χ4n) is 3.54. The largest absolute Gasteiger partial charge is 0.496 e. The van der Waals surface area contributed by atoms with Crippen LogP contribution in [0, 0.1) is 0 Å². The molecule has 0 N–H and O–H groups in total. The summed E-state index contributed by atoms with van der Waals surface area (Å²) in [6.07, 6.45) is 0.936. The number of hydrogen-bond acceptors (Lipinski definition) is 5. The second-order valence-corrected chi connectivity index (χ2v) is 8.18. The van der Waals surface area contributed by atoms with Gasteiger partial charge in [0.05, 0.1) is 42.9 Å². The molecule has 2 aliphatic heterocycles. The van der Waals surface area contributed by atoms with Gasteiger partial charge in [0.15, 0.2) is 0 Å². The Balaban J connectivity index is 1.97. The van der Waals surface area contributed by atoms with Crippen molar-refractivity contribution < 1.29 is 22.7 Å². The fraction of sp³-hybridized carbons (Fsp3) is 0.588. The number of methoxy groups -OCH3 is 1. The molecule has 1 aromatic carbocycles. The van der Waals surface area contributed by atoms with E-state index in [4.69, 9.17) is 9.47 Å². The van der Waals surface area contributed by atoms with Crippen molar-refractivity contribution in [3.05, 3.63) is 23.8 Å². The number of nitrogens with zero attached hydrogens (tertiary/aromatic N) is 2. The lowest BCUT2D eigenvalue weighted by Gasteiger charge is -2.52. The van der Waals surface area contributed by atoms with Gasteiger partial charge in [0.1, 0.15) is 5.75 Å². The number of fused-ring (bicyclic) bond motifs is 2. The van der Waals surface area contributed by atoms with Crippen LogP contribution in [0.4, 0.5) is 0 Å². The highest BCUT2D eigenvalue weighted by Crippen LogP contribution is 2.35. The molecule has 2 atom stereocenters. The highest BCUT2D eigenvalue weighted by atomic mass is 32.2. The molecular weight excluding hydrogens is 344 g/mol. The maximum absolute atomic E-state index is 13.0. The lowest BCUT2D eigenvalue weighted by atomic mass is 9.90. The van der Waals surface area contributed by atoms with Gasteiger partial charge in [-0.1, -0.05) is 13.8 Å². The molecule has 7 nitrogen and oxygen atoms in total. The van der Waals surface area contributed by atoms with Gasteiger partial charge in [0, 0.05) is 13.1 Å². The summed E-state index contributed by atoms with van der Waals surface area (Å²) in [5.74, 6) is 0.187. The molecule has 3 rings (SSSR count). The zero-order chi connectivity index (χ0) is 18.2. The van der Waals surface area contributed by atoms with E-state index in [0.29, 0.717) is 32.1 Å². The average Bonchev–Trinajstić information content (AvgIpc) is 2.62. The van der Waals surface area contributed by atoms with Gasteiger partial charge in [0.25, 0.3) is 5.91 Å². The summed E-state index contributed by atoms with van der Waals surface area (Å²) < 4.78 is 37.6. The van der Waals surface area contributed by atoms with Gasteiger partial charge < -0.3 is 14.4 Å². The minimum absolute atomic E-state index is 0.0685. The highest BCUT2D eigenvalue weighted by Gasteiger charge is 2.46. The molecule has 0 spiro atoms. The molecule has 0 radical (unpaired) electrons. The highest BCUT2D eigenvalue weighted by molar-refractivity contribution is 7.89. The monoisotopic (exact) mass is 368 g/mol. The maximum Gasteiger partial charge on any atom is 0.258 e. The summed E-state index contributed by atoms with van der Waals surface area (Å²) >= 11 is 0. The number of amides is 1. The number of benzene rings is 1. The van der Waals surface area contributed by atoms with Crippen LogP contribution in [0.5, 0.6) is 5.75 Å². The van der Waals surface area contributed by atoms with Crippen molar-refractivity contribution in [3.63, 3.8) is 0 Å². The number of ether oxygens (including phenoxy) is 2. The first-order chi connectivity index (χ1) is 11.9. The average molecular weight is 368 g/mol. The van der Waals surface area contributed by atoms with Crippen LogP contribution < -0.4 is 4.74 Å². The van der Waals surface area contributed by atoms with Crippen LogP contribution >= 0.6 is 0 Å². The SMILES string of the molecule is CCN(CC)S(=O)(=O)c1ccc(OC)c(C(=O)N2[C@H]3COC[C@H]2C3)c1. The van der Waals surface area contributed by atoms with Crippen molar-refractivity contribution in [1.29, 1.82) is 0 Å². The van der Waals surface area contributed by atoms with Crippen LogP contribution in [0.1, 0.15) is 30.6 Å². The minimum atomic E-state index is -3.63. The number of sulfonamides is 1. The molecule has 1 aromatic rings. The summed E-state index contributed by atoms with van der Waals surface area (Å²) in [5.41, 5.74) is 0.285. The molecule has 25 heavy (non-hydrogen) atoms. The first kappa shape index (κ1) is 18.2. The van der Waals surface area contributed by atoms with E-state index in [0.717, 1.165) is 6.42 Å². The second-order valence-electron chi connectivity index (χ2n) is 6.24. The number of carbonyl (C=O) groups is 1. The molecule has 2 saturated heterocycles. The van der Waals surface area contributed by atoms with Gasteiger partial charge in [0.2, 0.25) is 10.0 Å². The van der Waals surface area contributed by atoms with Crippen LogP contribution in [0.2, 0.25) is 0 Å². The number of hydrogen-bond donors (Lipinski definition) is 0. The van der Waals surface area contributed by atoms with Crippen molar-refractivity contribution in [1.82, 2.24) is 9.21 Å². The normalized spacial score (nSPS) is 22.6. The predicted octanol–water partition coefficient (Wildman–Crippen LogP) is 1.34. The van der Waals surface area contributed by atoms with Crippen LogP contribution in [0.3, 0.4) is 0 Å². The summed E-state index contributed by atoms with van der Waals surface area (Å²) in [6.45, 7) is 5.39. The topological polar surface area (TPSA) is 76.2 Å². The number of carbonyl (C=O) groups excluding carboxylic acids is 1. The minimum Gasteiger partial charge on any atom is -0.496 e. The predicted molar refractivity (Wildman–Crippen MR) is 92.3 cm³/mol. The standard InChI is InChI=1S/C17H24N2O5S/c1-4-18(5-2)25(21,22)14-6-7-16(23-3)15(9-14)17(20)19-12-8-13(19)11-24-10-12/h6-7,9,12-13H,4-5,8,10-11H2,1-3H3/t12-,13-/m1/s1. The second kappa shape index (κ2) is 6.93. The lowest BCUT2D eigenvalue weighted by Crippen LogP contribution is -2.65. The van der Waals surface area contributed by atoms with E-state index in [-0.39, 0.29) is 28.4 Å². The Morgan fingerprint density at radius 3 is 2.44 bits per heavy atom. The molecule has 1 amide bonds. The van der Waals surface area contributed by atoms with Crippen molar-refractivity contribution >= 4 is 15.9 Å². The Morgan fingerprint density at radius 1 is 1.28 bits per heavy atom. The third kappa shape index (κ3) is 3.02. The van der Waals surface area contributed by atoms with E-state index >= 15 is 0 Å².